The summed E-state index contributed by atoms with van der Waals surface area (Å²) in [7, 11) is 0. The van der Waals surface area contributed by atoms with Gasteiger partial charge >= 0.3 is 0 Å². The second kappa shape index (κ2) is 9.14. The molecular weight excluding hydrogens is 310 g/mol. The molecule has 1 aromatic carbocycles. The molecule has 2 rings (SSSR count). The highest BCUT2D eigenvalue weighted by Crippen LogP contribution is 2.34. The van der Waals surface area contributed by atoms with E-state index in [4.69, 9.17) is 11.6 Å². The van der Waals surface area contributed by atoms with Crippen molar-refractivity contribution in [1.29, 1.82) is 0 Å². The first-order chi connectivity index (χ1) is 11.2. The highest BCUT2D eigenvalue weighted by Gasteiger charge is 2.21. The minimum Gasteiger partial charge on any atom is -0.366 e. The van der Waals surface area contributed by atoms with Crippen molar-refractivity contribution in [2.45, 2.75) is 39.5 Å². The van der Waals surface area contributed by atoms with Crippen LogP contribution in [0, 0.1) is 0 Å². The van der Waals surface area contributed by atoms with E-state index in [0.717, 1.165) is 63.4 Å². The lowest BCUT2D eigenvalue weighted by molar-refractivity contribution is -0.116. The highest BCUT2D eigenvalue weighted by molar-refractivity contribution is 6.34. The van der Waals surface area contributed by atoms with E-state index >= 15 is 0 Å². The molecule has 23 heavy (non-hydrogen) atoms. The lowest BCUT2D eigenvalue weighted by Gasteiger charge is -2.36. The fourth-order valence-electron chi connectivity index (χ4n) is 2.97. The van der Waals surface area contributed by atoms with E-state index in [1.807, 2.05) is 18.2 Å². The molecule has 5 heteroatoms. The number of para-hydroxylation sites is 1. The summed E-state index contributed by atoms with van der Waals surface area (Å²) in [6, 6.07) is 5.75. The Bertz CT molecular complexity index is 513. The van der Waals surface area contributed by atoms with Crippen LogP contribution in [-0.4, -0.2) is 43.5 Å². The van der Waals surface area contributed by atoms with Gasteiger partial charge in [-0.3, -0.25) is 4.79 Å². The Morgan fingerprint density at radius 1 is 1.17 bits per heavy atom. The lowest BCUT2D eigenvalue weighted by Crippen LogP contribution is -2.46. The van der Waals surface area contributed by atoms with Crippen LogP contribution in [0.3, 0.4) is 0 Å². The molecule has 1 aliphatic heterocycles. The second-order valence-corrected chi connectivity index (χ2v) is 6.47. The third-order valence-electron chi connectivity index (χ3n) is 4.40. The monoisotopic (exact) mass is 337 g/mol. The fraction of sp³-hybridized carbons (Fsp3) is 0.611. The normalized spacial score (nSPS) is 15.7. The molecule has 1 amide bonds. The van der Waals surface area contributed by atoms with Crippen molar-refractivity contribution in [2.24, 2.45) is 0 Å². The largest absolute Gasteiger partial charge is 0.366 e. The van der Waals surface area contributed by atoms with Gasteiger partial charge in [0.15, 0.2) is 0 Å². The first kappa shape index (κ1) is 18.1. The topological polar surface area (TPSA) is 35.6 Å². The quantitative estimate of drug-likeness (QED) is 0.764. The van der Waals surface area contributed by atoms with Crippen LogP contribution < -0.4 is 10.2 Å². The van der Waals surface area contributed by atoms with Gasteiger partial charge in [-0.1, -0.05) is 44.4 Å². The molecule has 1 heterocycles. The van der Waals surface area contributed by atoms with Crippen molar-refractivity contribution in [3.05, 3.63) is 23.2 Å². The number of hydrogen-bond donors (Lipinski definition) is 1. The number of carbonyl (C=O) groups is 1. The van der Waals surface area contributed by atoms with Crippen molar-refractivity contribution < 1.29 is 4.79 Å². The Kier molecular flexibility index (Phi) is 7.18. The molecule has 0 bridgehead atoms. The van der Waals surface area contributed by atoms with Gasteiger partial charge in [-0.25, -0.2) is 0 Å². The maximum absolute atomic E-state index is 12.2. The second-order valence-electron chi connectivity index (χ2n) is 6.06. The third kappa shape index (κ3) is 5.11. The van der Waals surface area contributed by atoms with Gasteiger partial charge in [-0.15, -0.1) is 0 Å². The van der Waals surface area contributed by atoms with Crippen LogP contribution in [-0.2, 0) is 4.79 Å². The highest BCUT2D eigenvalue weighted by atomic mass is 35.5. The van der Waals surface area contributed by atoms with Gasteiger partial charge in [0, 0.05) is 32.6 Å². The summed E-state index contributed by atoms with van der Waals surface area (Å²) < 4.78 is 0. The molecule has 128 valence electrons. The number of likely N-dealkylation sites (N-methyl/N-ethyl adjacent to an activating group) is 1. The van der Waals surface area contributed by atoms with E-state index in [-0.39, 0.29) is 5.91 Å². The molecular formula is C18H28ClN3O. The smallest absolute Gasteiger partial charge is 0.224 e. The number of anilines is 2. The Balaban J connectivity index is 2.06. The van der Waals surface area contributed by atoms with Crippen LogP contribution in [0.15, 0.2) is 18.2 Å². The van der Waals surface area contributed by atoms with Crippen molar-refractivity contribution in [1.82, 2.24) is 4.90 Å². The summed E-state index contributed by atoms with van der Waals surface area (Å²) in [4.78, 5) is 16.9. The van der Waals surface area contributed by atoms with E-state index in [1.165, 1.54) is 0 Å². The number of amides is 1. The Labute approximate surface area is 144 Å². The van der Waals surface area contributed by atoms with Crippen LogP contribution in [0.25, 0.3) is 0 Å². The van der Waals surface area contributed by atoms with Crippen molar-refractivity contribution >= 4 is 28.9 Å². The van der Waals surface area contributed by atoms with Crippen LogP contribution in [0.1, 0.15) is 39.5 Å². The first-order valence-electron chi connectivity index (χ1n) is 8.71. The molecule has 0 unspecified atom stereocenters. The van der Waals surface area contributed by atoms with Gasteiger partial charge in [0.1, 0.15) is 0 Å². The lowest BCUT2D eigenvalue weighted by atomic mass is 10.1. The van der Waals surface area contributed by atoms with E-state index in [2.05, 4.69) is 29.0 Å². The average molecular weight is 338 g/mol. The van der Waals surface area contributed by atoms with Crippen molar-refractivity contribution in [3.63, 3.8) is 0 Å². The third-order valence-corrected chi connectivity index (χ3v) is 4.71. The van der Waals surface area contributed by atoms with E-state index in [1.54, 1.807) is 0 Å². The van der Waals surface area contributed by atoms with Crippen molar-refractivity contribution in [3.8, 4) is 0 Å². The summed E-state index contributed by atoms with van der Waals surface area (Å²) >= 11 is 6.44. The van der Waals surface area contributed by atoms with Gasteiger partial charge in [-0.2, -0.15) is 0 Å². The Hall–Kier alpha value is -1.26. The molecule has 4 nitrogen and oxygen atoms in total. The molecule has 0 spiro atoms. The molecule has 1 aromatic rings. The summed E-state index contributed by atoms with van der Waals surface area (Å²) in [5.41, 5.74) is 1.80. The summed E-state index contributed by atoms with van der Waals surface area (Å²) in [6.45, 7) is 9.36. The molecule has 1 saturated heterocycles. The standard InChI is InChI=1S/C18H28ClN3O/c1-3-5-6-10-17(23)20-16-9-7-8-15(19)18(16)22-13-11-21(4-2)12-14-22/h7-9H,3-6,10-14H2,1-2H3,(H,20,23). The fourth-order valence-corrected chi connectivity index (χ4v) is 3.27. The number of carbonyl (C=O) groups excluding carboxylic acids is 1. The molecule has 0 radical (unpaired) electrons. The molecule has 0 atom stereocenters. The maximum Gasteiger partial charge on any atom is 0.224 e. The summed E-state index contributed by atoms with van der Waals surface area (Å²) in [6.07, 6.45) is 3.73. The zero-order chi connectivity index (χ0) is 16.7. The predicted molar refractivity (Wildman–Crippen MR) is 98.6 cm³/mol. The number of halogens is 1. The minimum absolute atomic E-state index is 0.0779. The van der Waals surface area contributed by atoms with Gasteiger partial charge < -0.3 is 15.1 Å². The van der Waals surface area contributed by atoms with E-state index in [9.17, 15) is 4.79 Å². The van der Waals surface area contributed by atoms with Crippen LogP contribution >= 0.6 is 11.6 Å². The number of benzene rings is 1. The molecule has 1 aliphatic rings. The van der Waals surface area contributed by atoms with Gasteiger partial charge in [0.2, 0.25) is 5.91 Å². The van der Waals surface area contributed by atoms with Crippen LogP contribution in [0.2, 0.25) is 5.02 Å². The number of hydrogen-bond acceptors (Lipinski definition) is 3. The zero-order valence-corrected chi connectivity index (χ0v) is 15.0. The predicted octanol–water partition coefficient (Wildman–Crippen LogP) is 4.00. The van der Waals surface area contributed by atoms with Crippen molar-refractivity contribution in [2.75, 3.05) is 42.9 Å². The molecule has 1 fully saturated rings. The number of rotatable bonds is 7. The minimum atomic E-state index is 0.0779. The van der Waals surface area contributed by atoms with E-state index < -0.39 is 0 Å². The van der Waals surface area contributed by atoms with Crippen LogP contribution in [0.4, 0.5) is 11.4 Å². The van der Waals surface area contributed by atoms with Crippen LogP contribution in [0.5, 0.6) is 0 Å². The van der Waals surface area contributed by atoms with Gasteiger partial charge in [0.25, 0.3) is 0 Å². The zero-order valence-electron chi connectivity index (χ0n) is 14.3. The first-order valence-corrected chi connectivity index (χ1v) is 9.09. The number of nitrogens with one attached hydrogen (secondary N) is 1. The van der Waals surface area contributed by atoms with Gasteiger partial charge in [-0.05, 0) is 25.1 Å². The molecule has 0 aromatic heterocycles. The molecule has 0 saturated carbocycles. The average Bonchev–Trinajstić information content (AvgIpc) is 2.55. The Morgan fingerprint density at radius 3 is 2.57 bits per heavy atom. The molecule has 1 N–H and O–H groups in total. The molecule has 0 aliphatic carbocycles. The summed E-state index contributed by atoms with van der Waals surface area (Å²) in [5.74, 6) is 0.0779. The number of unbranched alkanes of at least 4 members (excludes halogenated alkanes) is 2. The van der Waals surface area contributed by atoms with E-state index in [0.29, 0.717) is 11.4 Å². The SMILES string of the molecule is CCCCCC(=O)Nc1cccc(Cl)c1N1CCN(CC)CC1. The number of piperazine rings is 1. The van der Waals surface area contributed by atoms with Gasteiger partial charge in [0.05, 0.1) is 16.4 Å². The Morgan fingerprint density at radius 2 is 1.91 bits per heavy atom. The maximum atomic E-state index is 12.2. The number of nitrogens with zero attached hydrogens (tertiary/aromatic N) is 2. The summed E-state index contributed by atoms with van der Waals surface area (Å²) in [5, 5.41) is 3.76.